The topological polar surface area (TPSA) is 75.7 Å². The molecule has 1 amide bonds. The fraction of sp³-hybridized carbons (Fsp3) is 0.0952. The number of nitrogens with one attached hydrogen (secondary N) is 1. The predicted molar refractivity (Wildman–Crippen MR) is 119 cm³/mol. The minimum atomic E-state index is -4.06. The number of rotatable bonds is 7. The van der Waals surface area contributed by atoms with Gasteiger partial charge in [0.1, 0.15) is 12.3 Å². The Kier molecular flexibility index (Phi) is 6.87. The van der Waals surface area contributed by atoms with E-state index in [2.05, 4.69) is 5.32 Å². The van der Waals surface area contributed by atoms with Gasteiger partial charge in [-0.2, -0.15) is 0 Å². The van der Waals surface area contributed by atoms with E-state index in [4.69, 9.17) is 27.9 Å². The number of amides is 1. The van der Waals surface area contributed by atoms with Crippen LogP contribution >= 0.6 is 23.2 Å². The summed E-state index contributed by atoms with van der Waals surface area (Å²) in [6.07, 6.45) is 0. The predicted octanol–water partition coefficient (Wildman–Crippen LogP) is 4.84. The highest BCUT2D eigenvalue weighted by atomic mass is 35.5. The second-order valence-corrected chi connectivity index (χ2v) is 8.97. The lowest BCUT2D eigenvalue weighted by molar-refractivity contribution is -0.114. The van der Waals surface area contributed by atoms with Gasteiger partial charge < -0.3 is 10.1 Å². The Morgan fingerprint density at radius 2 is 1.63 bits per heavy atom. The fourth-order valence-electron chi connectivity index (χ4n) is 2.75. The number of carbonyl (C=O) groups is 1. The highest BCUT2D eigenvalue weighted by Gasteiger charge is 2.27. The lowest BCUT2D eigenvalue weighted by Gasteiger charge is -2.24. The van der Waals surface area contributed by atoms with Gasteiger partial charge in [0, 0.05) is 21.8 Å². The Labute approximate surface area is 185 Å². The highest BCUT2D eigenvalue weighted by molar-refractivity contribution is 7.92. The number of benzene rings is 3. The first-order valence-electron chi connectivity index (χ1n) is 8.77. The van der Waals surface area contributed by atoms with E-state index in [1.807, 2.05) is 0 Å². The smallest absolute Gasteiger partial charge is 0.264 e. The zero-order valence-electron chi connectivity index (χ0n) is 15.9. The van der Waals surface area contributed by atoms with Crippen LogP contribution in [0, 0.1) is 0 Å². The lowest BCUT2D eigenvalue weighted by Crippen LogP contribution is -2.38. The average Bonchev–Trinajstić information content (AvgIpc) is 2.72. The van der Waals surface area contributed by atoms with Crippen LogP contribution in [-0.2, 0) is 14.8 Å². The van der Waals surface area contributed by atoms with E-state index in [1.54, 1.807) is 42.5 Å². The van der Waals surface area contributed by atoms with Crippen molar-refractivity contribution in [2.45, 2.75) is 4.90 Å². The first kappa shape index (κ1) is 22.0. The summed E-state index contributed by atoms with van der Waals surface area (Å²) >= 11 is 12.1. The quantitative estimate of drug-likeness (QED) is 0.542. The van der Waals surface area contributed by atoms with Crippen molar-refractivity contribution in [2.75, 3.05) is 23.3 Å². The number of methoxy groups -OCH3 is 1. The van der Waals surface area contributed by atoms with Crippen LogP contribution in [0.4, 0.5) is 11.4 Å². The van der Waals surface area contributed by atoms with Crippen molar-refractivity contribution >= 4 is 50.5 Å². The second kappa shape index (κ2) is 9.38. The molecule has 3 aromatic carbocycles. The third kappa shape index (κ3) is 5.24. The number of nitrogens with zero attached hydrogens (tertiary/aromatic N) is 1. The number of sulfonamides is 1. The molecular weight excluding hydrogens is 447 g/mol. The van der Waals surface area contributed by atoms with E-state index in [9.17, 15) is 13.2 Å². The van der Waals surface area contributed by atoms with Gasteiger partial charge in [-0.3, -0.25) is 9.10 Å². The van der Waals surface area contributed by atoms with Gasteiger partial charge >= 0.3 is 0 Å². The van der Waals surface area contributed by atoms with Crippen LogP contribution < -0.4 is 14.4 Å². The van der Waals surface area contributed by atoms with Gasteiger partial charge in [-0.05, 0) is 42.5 Å². The van der Waals surface area contributed by atoms with Gasteiger partial charge in [0.2, 0.25) is 5.91 Å². The molecule has 0 spiro atoms. The van der Waals surface area contributed by atoms with Crippen LogP contribution in [0.1, 0.15) is 0 Å². The third-order valence-electron chi connectivity index (χ3n) is 4.11. The zero-order chi connectivity index (χ0) is 21.7. The summed E-state index contributed by atoms with van der Waals surface area (Å²) in [4.78, 5) is 12.8. The Morgan fingerprint density at radius 3 is 2.27 bits per heavy atom. The Balaban J connectivity index is 1.96. The van der Waals surface area contributed by atoms with Gasteiger partial charge in [-0.1, -0.05) is 47.5 Å². The molecule has 0 aromatic heterocycles. The van der Waals surface area contributed by atoms with E-state index in [1.165, 1.54) is 37.4 Å². The molecule has 6 nitrogen and oxygen atoms in total. The number of anilines is 2. The summed E-state index contributed by atoms with van der Waals surface area (Å²) in [7, 11) is -2.55. The van der Waals surface area contributed by atoms with Gasteiger partial charge in [0.05, 0.1) is 17.7 Å². The largest absolute Gasteiger partial charge is 0.497 e. The van der Waals surface area contributed by atoms with Gasteiger partial charge in [-0.15, -0.1) is 0 Å². The fourth-order valence-corrected chi connectivity index (χ4v) is 4.69. The standard InChI is InChI=1S/C21H18Cl2N2O4S/c1-29-19-7-5-6-17(13-19)24-21(26)14-25(18-11-15(22)10-16(23)12-18)30(27,28)20-8-3-2-4-9-20/h2-13H,14H2,1H3,(H,24,26). The number of ether oxygens (including phenoxy) is 1. The number of carbonyl (C=O) groups excluding carboxylic acids is 1. The Bertz CT molecular complexity index is 1130. The zero-order valence-corrected chi connectivity index (χ0v) is 18.2. The summed E-state index contributed by atoms with van der Waals surface area (Å²) in [5, 5.41) is 3.18. The van der Waals surface area contributed by atoms with Crippen LogP contribution in [0.5, 0.6) is 5.75 Å². The number of hydrogen-bond acceptors (Lipinski definition) is 4. The maximum absolute atomic E-state index is 13.3. The van der Waals surface area contributed by atoms with E-state index in [-0.39, 0.29) is 20.6 Å². The first-order valence-corrected chi connectivity index (χ1v) is 11.0. The maximum atomic E-state index is 13.3. The molecule has 3 rings (SSSR count). The molecule has 156 valence electrons. The minimum absolute atomic E-state index is 0.0373. The summed E-state index contributed by atoms with van der Waals surface area (Å²) in [5.41, 5.74) is 0.651. The molecule has 0 aliphatic rings. The van der Waals surface area contributed by atoms with Crippen molar-refractivity contribution in [1.82, 2.24) is 0 Å². The van der Waals surface area contributed by atoms with Crippen molar-refractivity contribution in [3.05, 3.63) is 82.8 Å². The Hall–Kier alpha value is -2.74. The highest BCUT2D eigenvalue weighted by Crippen LogP contribution is 2.29. The van der Waals surface area contributed by atoms with Crippen LogP contribution in [0.2, 0.25) is 10.0 Å². The van der Waals surface area contributed by atoms with Crippen molar-refractivity contribution < 1.29 is 17.9 Å². The molecule has 0 saturated carbocycles. The van der Waals surface area contributed by atoms with Crippen molar-refractivity contribution in [3.8, 4) is 5.75 Å². The molecular formula is C21H18Cl2N2O4S. The summed E-state index contributed by atoms with van der Waals surface area (Å²) in [5.74, 6) is 0.0158. The van der Waals surface area contributed by atoms with Gasteiger partial charge in [0.15, 0.2) is 0 Å². The molecule has 0 bridgehead atoms. The van der Waals surface area contributed by atoms with Crippen molar-refractivity contribution in [1.29, 1.82) is 0 Å². The van der Waals surface area contributed by atoms with Crippen LogP contribution in [0.15, 0.2) is 77.7 Å². The van der Waals surface area contributed by atoms with Crippen molar-refractivity contribution in [3.63, 3.8) is 0 Å². The molecule has 30 heavy (non-hydrogen) atoms. The van der Waals surface area contributed by atoms with E-state index < -0.39 is 22.5 Å². The summed E-state index contributed by atoms with van der Waals surface area (Å²) in [6, 6.07) is 18.9. The molecule has 0 radical (unpaired) electrons. The summed E-state index contributed by atoms with van der Waals surface area (Å²) < 4.78 is 32.7. The normalized spacial score (nSPS) is 11.0. The van der Waals surface area contributed by atoms with Gasteiger partial charge in [-0.25, -0.2) is 8.42 Å². The van der Waals surface area contributed by atoms with Crippen molar-refractivity contribution in [2.24, 2.45) is 0 Å². The Morgan fingerprint density at radius 1 is 0.967 bits per heavy atom. The number of halogens is 2. The van der Waals surface area contributed by atoms with E-state index in [0.717, 1.165) is 4.31 Å². The van der Waals surface area contributed by atoms with Crippen LogP contribution in [0.3, 0.4) is 0 Å². The molecule has 0 aliphatic heterocycles. The lowest BCUT2D eigenvalue weighted by atomic mass is 10.3. The molecule has 3 aromatic rings. The van der Waals surface area contributed by atoms with E-state index in [0.29, 0.717) is 11.4 Å². The van der Waals surface area contributed by atoms with E-state index >= 15 is 0 Å². The minimum Gasteiger partial charge on any atom is -0.497 e. The molecule has 0 aliphatic carbocycles. The van der Waals surface area contributed by atoms with Gasteiger partial charge in [0.25, 0.3) is 10.0 Å². The van der Waals surface area contributed by atoms with Crippen LogP contribution in [0.25, 0.3) is 0 Å². The monoisotopic (exact) mass is 464 g/mol. The molecule has 9 heteroatoms. The molecule has 0 unspecified atom stereocenters. The maximum Gasteiger partial charge on any atom is 0.264 e. The molecule has 1 N–H and O–H groups in total. The summed E-state index contributed by atoms with van der Waals surface area (Å²) in [6.45, 7) is -0.481. The molecule has 0 fully saturated rings. The average molecular weight is 465 g/mol. The first-order chi connectivity index (χ1) is 14.3. The molecule has 0 heterocycles. The second-order valence-electron chi connectivity index (χ2n) is 6.23. The van der Waals surface area contributed by atoms with Crippen LogP contribution in [-0.4, -0.2) is 28.0 Å². The molecule has 0 atom stereocenters. The molecule has 0 saturated heterocycles. The number of hydrogen-bond donors (Lipinski definition) is 1. The SMILES string of the molecule is COc1cccc(NC(=O)CN(c2cc(Cl)cc(Cl)c2)S(=O)(=O)c2ccccc2)c1. The third-order valence-corrected chi connectivity index (χ3v) is 6.33.